The maximum absolute atomic E-state index is 12.9. The fraction of sp³-hybridized carbons (Fsp3) is 0.370. The highest BCUT2D eigenvalue weighted by Crippen LogP contribution is 2.36. The van der Waals surface area contributed by atoms with Crippen molar-refractivity contribution in [3.8, 4) is 11.5 Å². The van der Waals surface area contributed by atoms with Gasteiger partial charge in [0.25, 0.3) is 5.91 Å². The van der Waals surface area contributed by atoms with Crippen molar-refractivity contribution >= 4 is 28.9 Å². The Morgan fingerprint density at radius 3 is 2.09 bits per heavy atom. The fourth-order valence-corrected chi connectivity index (χ4v) is 7.31. The molecular weight excluding hydrogens is 693 g/mol. The second-order valence-corrected chi connectivity index (χ2v) is 14.1. The van der Waals surface area contributed by atoms with Crippen molar-refractivity contribution in [2.24, 2.45) is 0 Å². The zero-order chi connectivity index (χ0) is 38.4. The summed E-state index contributed by atoms with van der Waals surface area (Å²) in [6.45, 7) is 5.94. The summed E-state index contributed by atoms with van der Waals surface area (Å²) < 4.78 is 17.7. The Hall–Kier alpha value is -5.25. The number of benzene rings is 4. The minimum atomic E-state index is -0.587. The van der Waals surface area contributed by atoms with Crippen LogP contribution >= 0.6 is 0 Å². The van der Waals surface area contributed by atoms with Crippen LogP contribution < -0.4 is 10.1 Å². The van der Waals surface area contributed by atoms with Crippen LogP contribution in [-0.2, 0) is 32.0 Å². The lowest BCUT2D eigenvalue weighted by molar-refractivity contribution is -0.136. The van der Waals surface area contributed by atoms with E-state index in [1.54, 1.807) is 17.0 Å². The number of piperidine rings is 1. The molecule has 0 spiro atoms. The van der Waals surface area contributed by atoms with Gasteiger partial charge in [-0.25, -0.2) is 0 Å². The number of aromatic hydroxyl groups is 1. The van der Waals surface area contributed by atoms with Gasteiger partial charge in [0.15, 0.2) is 0 Å². The smallest absolute Gasteiger partial charge is 0.255 e. The molecule has 288 valence electrons. The number of imide groups is 1. The summed E-state index contributed by atoms with van der Waals surface area (Å²) in [6, 6.07) is 31.5. The van der Waals surface area contributed by atoms with Crippen LogP contribution in [0.5, 0.6) is 11.5 Å². The Morgan fingerprint density at radius 2 is 1.40 bits per heavy atom. The Kier molecular flexibility index (Phi) is 14.3. The molecule has 0 saturated carbocycles. The molecule has 1 unspecified atom stereocenters. The van der Waals surface area contributed by atoms with E-state index in [1.165, 1.54) is 16.7 Å². The van der Waals surface area contributed by atoms with Crippen molar-refractivity contribution < 1.29 is 33.7 Å². The van der Waals surface area contributed by atoms with Crippen LogP contribution in [0.3, 0.4) is 0 Å². The minimum absolute atomic E-state index is 0.138. The molecular formula is C46H52N2O7. The lowest BCUT2D eigenvalue weighted by atomic mass is 9.88. The van der Waals surface area contributed by atoms with E-state index in [9.17, 15) is 19.5 Å². The summed E-state index contributed by atoms with van der Waals surface area (Å²) in [6.07, 6.45) is 7.02. The highest BCUT2D eigenvalue weighted by molar-refractivity contribution is 6.05. The molecule has 0 aliphatic carbocycles. The molecule has 2 aliphatic heterocycles. The number of fused-ring (bicyclic) bond motifs is 1. The normalized spacial score (nSPS) is 15.8. The monoisotopic (exact) mass is 744 g/mol. The lowest BCUT2D eigenvalue weighted by Gasteiger charge is -2.29. The summed E-state index contributed by atoms with van der Waals surface area (Å²) in [5.74, 6) is 0.292. The van der Waals surface area contributed by atoms with Crippen LogP contribution in [0.1, 0.15) is 96.5 Å². The molecule has 2 heterocycles. The maximum atomic E-state index is 12.9. The number of hydrogen-bond acceptors (Lipinski definition) is 7. The zero-order valence-corrected chi connectivity index (χ0v) is 31.8. The number of nitrogens with one attached hydrogen (secondary N) is 1. The van der Waals surface area contributed by atoms with Gasteiger partial charge in [-0.1, -0.05) is 73.7 Å². The number of nitrogens with zero attached hydrogens (tertiary/aromatic N) is 1. The molecule has 6 rings (SSSR count). The van der Waals surface area contributed by atoms with Crippen molar-refractivity contribution in [2.45, 2.75) is 77.3 Å². The Bertz CT molecular complexity index is 1920. The summed E-state index contributed by atoms with van der Waals surface area (Å²) in [5, 5.41) is 12.3. The molecule has 1 atom stereocenters. The van der Waals surface area contributed by atoms with Gasteiger partial charge in [0.2, 0.25) is 11.8 Å². The van der Waals surface area contributed by atoms with Gasteiger partial charge in [-0.15, -0.1) is 0 Å². The first kappa shape index (κ1) is 39.4. The van der Waals surface area contributed by atoms with E-state index >= 15 is 0 Å². The van der Waals surface area contributed by atoms with Crippen LogP contribution in [0.2, 0.25) is 0 Å². The quantitative estimate of drug-likeness (QED) is 0.0534. The van der Waals surface area contributed by atoms with Crippen LogP contribution in [0.25, 0.3) is 11.1 Å². The number of ether oxygens (including phenoxy) is 3. The third-order valence-corrected chi connectivity index (χ3v) is 10.2. The molecule has 4 aromatic rings. The number of hydrogen-bond donors (Lipinski definition) is 2. The first-order valence-corrected chi connectivity index (χ1v) is 19.6. The highest BCUT2D eigenvalue weighted by atomic mass is 16.5. The molecule has 1 saturated heterocycles. The predicted octanol–water partition coefficient (Wildman–Crippen LogP) is 8.13. The number of phenolic OH excluding ortho intramolecular Hbond substituents is 1. The second-order valence-electron chi connectivity index (χ2n) is 14.1. The molecule has 2 N–H and O–H groups in total. The number of allylic oxidation sites excluding steroid dienone is 1. The van der Waals surface area contributed by atoms with Crippen LogP contribution in [0, 0.1) is 0 Å². The molecule has 55 heavy (non-hydrogen) atoms. The van der Waals surface area contributed by atoms with Crippen LogP contribution in [-0.4, -0.2) is 66.8 Å². The average molecular weight is 745 g/mol. The molecule has 1 fully saturated rings. The van der Waals surface area contributed by atoms with Gasteiger partial charge in [0.1, 0.15) is 17.5 Å². The Labute approximate surface area is 324 Å². The maximum Gasteiger partial charge on any atom is 0.255 e. The van der Waals surface area contributed by atoms with Gasteiger partial charge in [-0.05, 0) is 121 Å². The molecule has 0 aromatic heterocycles. The van der Waals surface area contributed by atoms with E-state index in [0.717, 1.165) is 73.0 Å². The topological polar surface area (TPSA) is 114 Å². The molecule has 2 aliphatic rings. The first-order chi connectivity index (χ1) is 26.9. The van der Waals surface area contributed by atoms with E-state index in [0.29, 0.717) is 51.6 Å². The predicted molar refractivity (Wildman–Crippen MR) is 214 cm³/mol. The third kappa shape index (κ3) is 10.7. The second kappa shape index (κ2) is 19.9. The van der Waals surface area contributed by atoms with Crippen molar-refractivity contribution in [1.29, 1.82) is 0 Å². The molecule has 9 heteroatoms. The van der Waals surface area contributed by atoms with Crippen molar-refractivity contribution in [1.82, 2.24) is 10.2 Å². The third-order valence-electron chi connectivity index (χ3n) is 10.2. The van der Waals surface area contributed by atoms with Crippen molar-refractivity contribution in [2.75, 3.05) is 33.0 Å². The molecule has 3 amide bonds. The summed E-state index contributed by atoms with van der Waals surface area (Å²) in [7, 11) is 0. The number of phenols is 1. The van der Waals surface area contributed by atoms with Crippen molar-refractivity contribution in [3.63, 3.8) is 0 Å². The van der Waals surface area contributed by atoms with Crippen LogP contribution in [0.4, 0.5) is 0 Å². The Morgan fingerprint density at radius 1 is 0.745 bits per heavy atom. The SMILES string of the molecule is CC/C(=C(\c1ccc(O)cc1)c1ccc(OCCCCOCCCOCCCCc2ccc3c(c2)CN(C2CCC(=O)NC2=O)C3=O)cc1)c1ccccc1. The number of unbranched alkanes of at least 4 members (excludes halogenated alkanes) is 2. The number of carbonyl (C=O) groups is 3. The fourth-order valence-electron chi connectivity index (χ4n) is 7.31. The molecule has 9 nitrogen and oxygen atoms in total. The van der Waals surface area contributed by atoms with Gasteiger partial charge in [-0.2, -0.15) is 0 Å². The van der Waals surface area contributed by atoms with Gasteiger partial charge in [0, 0.05) is 45.0 Å². The van der Waals surface area contributed by atoms with E-state index in [-0.39, 0.29) is 29.9 Å². The molecule has 4 aromatic carbocycles. The van der Waals surface area contributed by atoms with Gasteiger partial charge >= 0.3 is 0 Å². The number of amides is 3. The van der Waals surface area contributed by atoms with E-state index in [4.69, 9.17) is 14.2 Å². The van der Waals surface area contributed by atoms with Crippen molar-refractivity contribution in [3.05, 3.63) is 130 Å². The number of aryl methyl sites for hydroxylation is 1. The highest BCUT2D eigenvalue weighted by Gasteiger charge is 2.39. The molecule has 0 radical (unpaired) electrons. The standard InChI is InChI=1S/C46H52N2O7/c1-2-40(34-12-4-3-5-13-34)44(35-15-19-38(49)20-16-35)36-17-21-39(22-18-36)55-30-9-8-27-54-29-10-28-53-26-7-6-11-33-14-23-41-37(31-33)32-48(46(41)52)42-24-25-43(50)47-45(42)51/h3-5,12-23,31,42,49H,2,6-11,24-30,32H2,1H3,(H,47,50,51)/b44-40-. The van der Waals surface area contributed by atoms with Gasteiger partial charge < -0.3 is 24.2 Å². The van der Waals surface area contributed by atoms with E-state index < -0.39 is 6.04 Å². The number of rotatable bonds is 20. The lowest BCUT2D eigenvalue weighted by Crippen LogP contribution is -2.52. The Balaban J connectivity index is 0.818. The molecule has 0 bridgehead atoms. The average Bonchev–Trinajstić information content (AvgIpc) is 3.52. The minimum Gasteiger partial charge on any atom is -0.508 e. The zero-order valence-electron chi connectivity index (χ0n) is 31.8. The van der Waals surface area contributed by atoms with Crippen LogP contribution in [0.15, 0.2) is 97.1 Å². The van der Waals surface area contributed by atoms with E-state index in [1.807, 2.05) is 42.5 Å². The largest absolute Gasteiger partial charge is 0.508 e. The van der Waals surface area contributed by atoms with E-state index in [2.05, 4.69) is 54.7 Å². The summed E-state index contributed by atoms with van der Waals surface area (Å²) in [5.41, 5.74) is 8.52. The van der Waals surface area contributed by atoms with Gasteiger partial charge in [-0.3, -0.25) is 19.7 Å². The number of carbonyl (C=O) groups excluding carboxylic acids is 3. The first-order valence-electron chi connectivity index (χ1n) is 19.6. The summed E-state index contributed by atoms with van der Waals surface area (Å²) >= 11 is 0. The summed E-state index contributed by atoms with van der Waals surface area (Å²) in [4.78, 5) is 38.3. The van der Waals surface area contributed by atoms with Gasteiger partial charge in [0.05, 0.1) is 6.61 Å².